The Hall–Kier alpha value is -0.970. The molecule has 0 radical (unpaired) electrons. The number of hydrogen-bond acceptors (Lipinski definition) is 4. The number of ether oxygens (including phenoxy) is 1. The smallest absolute Gasteiger partial charge is 0.120 e. The first-order valence-electron chi connectivity index (χ1n) is 6.88. The van der Waals surface area contributed by atoms with Gasteiger partial charge in [-0.05, 0) is 26.0 Å². The van der Waals surface area contributed by atoms with Gasteiger partial charge in [-0.25, -0.2) is 0 Å². The molecule has 1 aliphatic rings. The van der Waals surface area contributed by atoms with Crippen LogP contribution >= 0.6 is 12.4 Å². The fourth-order valence-corrected chi connectivity index (χ4v) is 2.55. The van der Waals surface area contributed by atoms with E-state index < -0.39 is 0 Å². The Balaban J connectivity index is 0.00000200. The van der Waals surface area contributed by atoms with Crippen LogP contribution in [-0.4, -0.2) is 50.3 Å². The number of piperazine rings is 1. The SMILES string of the molecule is COc1cccc(N2CCN(CC(C)(C)N)CC2)c1.Cl. The number of hydrogen-bond donors (Lipinski definition) is 1. The molecule has 5 heteroatoms. The first-order chi connectivity index (χ1) is 8.98. The van der Waals surface area contributed by atoms with Crippen LogP contribution in [-0.2, 0) is 0 Å². The van der Waals surface area contributed by atoms with Crippen molar-refractivity contribution < 1.29 is 4.74 Å². The van der Waals surface area contributed by atoms with Crippen molar-refractivity contribution in [2.75, 3.05) is 44.7 Å². The van der Waals surface area contributed by atoms with Gasteiger partial charge in [0.1, 0.15) is 5.75 Å². The largest absolute Gasteiger partial charge is 0.497 e. The lowest BCUT2D eigenvalue weighted by Crippen LogP contribution is -2.53. The highest BCUT2D eigenvalue weighted by atomic mass is 35.5. The third-order valence-corrected chi connectivity index (χ3v) is 3.42. The molecule has 1 aromatic carbocycles. The number of benzene rings is 1. The van der Waals surface area contributed by atoms with Crippen molar-refractivity contribution in [2.24, 2.45) is 5.73 Å². The van der Waals surface area contributed by atoms with Gasteiger partial charge >= 0.3 is 0 Å². The van der Waals surface area contributed by atoms with Crippen molar-refractivity contribution >= 4 is 18.1 Å². The van der Waals surface area contributed by atoms with E-state index in [2.05, 4.69) is 35.8 Å². The summed E-state index contributed by atoms with van der Waals surface area (Å²) in [5.74, 6) is 0.919. The summed E-state index contributed by atoms with van der Waals surface area (Å²) in [6.07, 6.45) is 0. The molecule has 4 nitrogen and oxygen atoms in total. The van der Waals surface area contributed by atoms with Crippen molar-refractivity contribution in [3.63, 3.8) is 0 Å². The van der Waals surface area contributed by atoms with Gasteiger partial charge in [0.25, 0.3) is 0 Å². The summed E-state index contributed by atoms with van der Waals surface area (Å²) in [4.78, 5) is 4.85. The number of nitrogens with zero attached hydrogens (tertiary/aromatic N) is 2. The van der Waals surface area contributed by atoms with Gasteiger partial charge in [-0.1, -0.05) is 6.07 Å². The zero-order valence-electron chi connectivity index (χ0n) is 12.6. The molecule has 1 aromatic rings. The van der Waals surface area contributed by atoms with E-state index in [1.165, 1.54) is 5.69 Å². The average molecular weight is 300 g/mol. The summed E-state index contributed by atoms with van der Waals surface area (Å²) in [7, 11) is 1.71. The van der Waals surface area contributed by atoms with Gasteiger partial charge in [-0.2, -0.15) is 0 Å². The van der Waals surface area contributed by atoms with E-state index in [1.54, 1.807) is 7.11 Å². The number of methoxy groups -OCH3 is 1. The van der Waals surface area contributed by atoms with E-state index in [4.69, 9.17) is 10.5 Å². The van der Waals surface area contributed by atoms with Crippen LogP contribution in [0.25, 0.3) is 0 Å². The number of nitrogens with two attached hydrogens (primary N) is 1. The number of rotatable bonds is 4. The van der Waals surface area contributed by atoms with Crippen LogP contribution in [0.3, 0.4) is 0 Å². The van der Waals surface area contributed by atoms with Gasteiger partial charge in [0.15, 0.2) is 0 Å². The van der Waals surface area contributed by atoms with Crippen molar-refractivity contribution in [1.29, 1.82) is 0 Å². The molecular formula is C15H26ClN3O. The highest BCUT2D eigenvalue weighted by Crippen LogP contribution is 2.22. The van der Waals surface area contributed by atoms with Gasteiger partial charge in [0.2, 0.25) is 0 Å². The normalized spacial score (nSPS) is 16.7. The molecule has 0 spiro atoms. The van der Waals surface area contributed by atoms with Gasteiger partial charge in [0, 0.05) is 50.0 Å². The molecule has 1 aliphatic heterocycles. The van der Waals surface area contributed by atoms with Gasteiger partial charge in [-0.15, -0.1) is 12.4 Å². The molecule has 20 heavy (non-hydrogen) atoms. The van der Waals surface area contributed by atoms with Crippen LogP contribution in [0.2, 0.25) is 0 Å². The molecule has 2 N–H and O–H groups in total. The highest BCUT2D eigenvalue weighted by Gasteiger charge is 2.21. The van der Waals surface area contributed by atoms with E-state index in [9.17, 15) is 0 Å². The van der Waals surface area contributed by atoms with Gasteiger partial charge in [-0.3, -0.25) is 4.90 Å². The van der Waals surface area contributed by atoms with E-state index in [0.29, 0.717) is 0 Å². The summed E-state index contributed by atoms with van der Waals surface area (Å²) in [5.41, 5.74) is 7.21. The zero-order chi connectivity index (χ0) is 13.9. The second kappa shape index (κ2) is 7.16. The lowest BCUT2D eigenvalue weighted by atomic mass is 10.1. The molecule has 0 aliphatic carbocycles. The van der Waals surface area contributed by atoms with Gasteiger partial charge < -0.3 is 15.4 Å². The maximum atomic E-state index is 6.08. The Kier molecular flexibility index (Phi) is 6.11. The lowest BCUT2D eigenvalue weighted by Gasteiger charge is -2.38. The first kappa shape index (κ1) is 17.1. The van der Waals surface area contributed by atoms with E-state index in [-0.39, 0.29) is 17.9 Å². The predicted molar refractivity (Wildman–Crippen MR) is 87.2 cm³/mol. The fourth-order valence-electron chi connectivity index (χ4n) is 2.55. The van der Waals surface area contributed by atoms with E-state index in [1.807, 2.05) is 12.1 Å². The second-order valence-electron chi connectivity index (χ2n) is 5.95. The summed E-state index contributed by atoms with van der Waals surface area (Å²) in [6.45, 7) is 9.35. The molecule has 1 fully saturated rings. The van der Waals surface area contributed by atoms with Crippen molar-refractivity contribution in [1.82, 2.24) is 4.90 Å². The molecular weight excluding hydrogens is 274 g/mol. The molecule has 0 unspecified atom stereocenters. The van der Waals surface area contributed by atoms with E-state index >= 15 is 0 Å². The van der Waals surface area contributed by atoms with Crippen molar-refractivity contribution in [2.45, 2.75) is 19.4 Å². The molecule has 1 heterocycles. The Morgan fingerprint density at radius 2 is 1.85 bits per heavy atom. The minimum Gasteiger partial charge on any atom is -0.497 e. The van der Waals surface area contributed by atoms with E-state index in [0.717, 1.165) is 38.5 Å². The molecule has 114 valence electrons. The summed E-state index contributed by atoms with van der Waals surface area (Å²) >= 11 is 0. The Morgan fingerprint density at radius 3 is 2.40 bits per heavy atom. The van der Waals surface area contributed by atoms with Crippen LogP contribution < -0.4 is 15.4 Å². The molecule has 0 atom stereocenters. The fraction of sp³-hybridized carbons (Fsp3) is 0.600. The van der Waals surface area contributed by atoms with Crippen molar-refractivity contribution in [3.05, 3.63) is 24.3 Å². The standard InChI is InChI=1S/C15H25N3O.ClH/c1-15(2,16)12-17-7-9-18(10-8-17)13-5-4-6-14(11-13)19-3;/h4-6,11H,7-10,12,16H2,1-3H3;1H. The quantitative estimate of drug-likeness (QED) is 0.923. The van der Waals surface area contributed by atoms with Crippen molar-refractivity contribution in [3.8, 4) is 5.75 Å². The molecule has 0 aromatic heterocycles. The third kappa shape index (κ3) is 4.85. The Morgan fingerprint density at radius 1 is 1.20 bits per heavy atom. The highest BCUT2D eigenvalue weighted by molar-refractivity contribution is 5.85. The van der Waals surface area contributed by atoms with Crippen LogP contribution in [0.5, 0.6) is 5.75 Å². The lowest BCUT2D eigenvalue weighted by molar-refractivity contribution is 0.214. The second-order valence-corrected chi connectivity index (χ2v) is 5.95. The maximum absolute atomic E-state index is 6.08. The number of anilines is 1. The molecule has 2 rings (SSSR count). The third-order valence-electron chi connectivity index (χ3n) is 3.42. The Labute approximate surface area is 128 Å². The Bertz CT molecular complexity index is 412. The van der Waals surface area contributed by atoms with Gasteiger partial charge in [0.05, 0.1) is 7.11 Å². The molecule has 0 bridgehead atoms. The summed E-state index contributed by atoms with van der Waals surface area (Å²) < 4.78 is 5.28. The summed E-state index contributed by atoms with van der Waals surface area (Å²) in [5, 5.41) is 0. The predicted octanol–water partition coefficient (Wildman–Crippen LogP) is 1.98. The average Bonchev–Trinajstić information content (AvgIpc) is 2.38. The first-order valence-corrected chi connectivity index (χ1v) is 6.88. The molecule has 0 saturated carbocycles. The molecule has 1 saturated heterocycles. The minimum absolute atomic E-state index is 0. The summed E-state index contributed by atoms with van der Waals surface area (Å²) in [6, 6.07) is 8.27. The van der Waals surface area contributed by atoms with Crippen LogP contribution in [0.15, 0.2) is 24.3 Å². The minimum atomic E-state index is -0.113. The van der Waals surface area contributed by atoms with Crippen LogP contribution in [0, 0.1) is 0 Å². The topological polar surface area (TPSA) is 41.7 Å². The maximum Gasteiger partial charge on any atom is 0.120 e. The monoisotopic (exact) mass is 299 g/mol. The number of halogens is 1. The molecule has 0 amide bonds. The zero-order valence-corrected chi connectivity index (χ0v) is 13.4. The van der Waals surface area contributed by atoms with Crippen LogP contribution in [0.1, 0.15) is 13.8 Å². The van der Waals surface area contributed by atoms with Crippen LogP contribution in [0.4, 0.5) is 5.69 Å².